The van der Waals surface area contributed by atoms with Crippen LogP contribution in [0.3, 0.4) is 0 Å². The molecule has 102 valence electrons. The third-order valence-corrected chi connectivity index (χ3v) is 3.37. The highest BCUT2D eigenvalue weighted by atomic mass is 16.6. The van der Waals surface area contributed by atoms with Crippen LogP contribution in [0.1, 0.15) is 12.8 Å². The average molecular weight is 264 g/mol. The van der Waals surface area contributed by atoms with Crippen LogP contribution in [0.2, 0.25) is 0 Å². The quantitative estimate of drug-likeness (QED) is 0.472. The number of ether oxygens (including phenoxy) is 1. The third-order valence-electron chi connectivity index (χ3n) is 3.37. The van der Waals surface area contributed by atoms with Gasteiger partial charge >= 0.3 is 0 Å². The number of hydrogen-bond donors (Lipinski definition) is 0. The predicted molar refractivity (Wildman–Crippen MR) is 70.6 cm³/mol. The number of piperidine rings is 1. The SMILES string of the molecule is COc1ccc(N2CCCC(C=O)C2)c([N+](=O)[O-])c1. The Bertz CT molecular complexity index is 490. The van der Waals surface area contributed by atoms with E-state index >= 15 is 0 Å². The number of anilines is 1. The van der Waals surface area contributed by atoms with Crippen LogP contribution in [0.4, 0.5) is 11.4 Å². The van der Waals surface area contributed by atoms with Crippen molar-refractivity contribution in [3.05, 3.63) is 28.3 Å². The first-order chi connectivity index (χ1) is 9.15. The van der Waals surface area contributed by atoms with Gasteiger partial charge in [-0.1, -0.05) is 0 Å². The number of carbonyl (C=O) groups is 1. The molecule has 1 aromatic rings. The number of rotatable bonds is 4. The number of methoxy groups -OCH3 is 1. The highest BCUT2D eigenvalue weighted by Gasteiger charge is 2.25. The molecule has 1 unspecified atom stereocenters. The Labute approximate surface area is 111 Å². The zero-order chi connectivity index (χ0) is 13.8. The van der Waals surface area contributed by atoms with Crippen LogP contribution in [0.25, 0.3) is 0 Å². The normalized spacial score (nSPS) is 19.0. The van der Waals surface area contributed by atoms with Crippen molar-refractivity contribution in [1.82, 2.24) is 0 Å². The van der Waals surface area contributed by atoms with Crippen molar-refractivity contribution in [2.24, 2.45) is 5.92 Å². The number of hydrogen-bond acceptors (Lipinski definition) is 5. The summed E-state index contributed by atoms with van der Waals surface area (Å²) < 4.78 is 5.01. The fourth-order valence-electron chi connectivity index (χ4n) is 2.38. The number of nitrogens with zero attached hydrogens (tertiary/aromatic N) is 2. The maximum atomic E-state index is 11.1. The lowest BCUT2D eigenvalue weighted by Crippen LogP contribution is -2.36. The van der Waals surface area contributed by atoms with Gasteiger partial charge in [-0.2, -0.15) is 0 Å². The molecule has 1 saturated heterocycles. The highest BCUT2D eigenvalue weighted by Crippen LogP contribution is 2.34. The lowest BCUT2D eigenvalue weighted by molar-refractivity contribution is -0.384. The maximum Gasteiger partial charge on any atom is 0.296 e. The molecule has 0 bridgehead atoms. The molecule has 0 N–H and O–H groups in total. The molecule has 1 fully saturated rings. The molecular weight excluding hydrogens is 248 g/mol. The van der Waals surface area contributed by atoms with Crippen molar-refractivity contribution in [3.8, 4) is 5.75 Å². The van der Waals surface area contributed by atoms with Crippen molar-refractivity contribution in [1.29, 1.82) is 0 Å². The topological polar surface area (TPSA) is 72.7 Å². The minimum Gasteiger partial charge on any atom is -0.496 e. The van der Waals surface area contributed by atoms with Crippen LogP contribution in [0.5, 0.6) is 5.75 Å². The van der Waals surface area contributed by atoms with Gasteiger partial charge in [0, 0.05) is 19.0 Å². The van der Waals surface area contributed by atoms with E-state index in [2.05, 4.69) is 0 Å². The first-order valence-electron chi connectivity index (χ1n) is 6.18. The van der Waals surface area contributed by atoms with Crippen LogP contribution in [0.15, 0.2) is 18.2 Å². The third kappa shape index (κ3) is 2.83. The molecule has 0 radical (unpaired) electrons. The van der Waals surface area contributed by atoms with E-state index in [1.54, 1.807) is 12.1 Å². The number of nitro groups is 1. The Morgan fingerprint density at radius 1 is 1.53 bits per heavy atom. The molecule has 0 amide bonds. The Hall–Kier alpha value is -2.11. The van der Waals surface area contributed by atoms with Gasteiger partial charge < -0.3 is 14.4 Å². The largest absolute Gasteiger partial charge is 0.496 e. The summed E-state index contributed by atoms with van der Waals surface area (Å²) >= 11 is 0. The second-order valence-electron chi connectivity index (χ2n) is 4.60. The predicted octanol–water partition coefficient (Wildman–Crippen LogP) is 2.02. The van der Waals surface area contributed by atoms with Crippen molar-refractivity contribution in [2.45, 2.75) is 12.8 Å². The Kier molecular flexibility index (Phi) is 3.99. The van der Waals surface area contributed by atoms with Gasteiger partial charge in [-0.15, -0.1) is 0 Å². The van der Waals surface area contributed by atoms with Crippen LogP contribution >= 0.6 is 0 Å². The molecule has 6 nitrogen and oxygen atoms in total. The van der Waals surface area contributed by atoms with E-state index in [1.807, 2.05) is 4.90 Å². The summed E-state index contributed by atoms with van der Waals surface area (Å²) in [6.07, 6.45) is 2.65. The van der Waals surface area contributed by atoms with Gasteiger partial charge in [0.1, 0.15) is 17.7 Å². The van der Waals surface area contributed by atoms with Crippen molar-refractivity contribution < 1.29 is 14.5 Å². The van der Waals surface area contributed by atoms with E-state index < -0.39 is 4.92 Å². The van der Waals surface area contributed by atoms with Crippen molar-refractivity contribution in [2.75, 3.05) is 25.1 Å². The fourth-order valence-corrected chi connectivity index (χ4v) is 2.38. The Balaban J connectivity index is 2.32. The van der Waals surface area contributed by atoms with E-state index in [0.29, 0.717) is 18.0 Å². The number of carbonyl (C=O) groups excluding carboxylic acids is 1. The zero-order valence-corrected chi connectivity index (χ0v) is 10.7. The van der Waals surface area contributed by atoms with Gasteiger partial charge in [0.05, 0.1) is 18.1 Å². The number of benzene rings is 1. The summed E-state index contributed by atoms with van der Waals surface area (Å²) in [5, 5.41) is 11.1. The molecule has 6 heteroatoms. The molecule has 2 rings (SSSR count). The Morgan fingerprint density at radius 2 is 2.32 bits per heavy atom. The van der Waals surface area contributed by atoms with E-state index in [9.17, 15) is 14.9 Å². The second kappa shape index (κ2) is 5.69. The maximum absolute atomic E-state index is 11.1. The molecule has 1 atom stereocenters. The first kappa shape index (κ1) is 13.3. The van der Waals surface area contributed by atoms with Crippen LogP contribution in [-0.2, 0) is 4.79 Å². The minimum atomic E-state index is -0.414. The molecule has 0 aliphatic carbocycles. The average Bonchev–Trinajstić information content (AvgIpc) is 2.46. The van der Waals surface area contributed by atoms with Crippen molar-refractivity contribution in [3.63, 3.8) is 0 Å². The summed E-state index contributed by atoms with van der Waals surface area (Å²) in [5.41, 5.74) is 0.572. The summed E-state index contributed by atoms with van der Waals surface area (Å²) in [6, 6.07) is 4.80. The molecule has 1 aromatic carbocycles. The highest BCUT2D eigenvalue weighted by molar-refractivity contribution is 5.67. The standard InChI is InChI=1S/C13H16N2O4/c1-19-11-4-5-12(13(7-11)15(17)18)14-6-2-3-10(8-14)9-16/h4-5,7,9-10H,2-3,6,8H2,1H3. The van der Waals surface area contributed by atoms with E-state index in [-0.39, 0.29) is 11.6 Å². The van der Waals surface area contributed by atoms with Gasteiger partial charge in [-0.3, -0.25) is 10.1 Å². The summed E-state index contributed by atoms with van der Waals surface area (Å²) in [6.45, 7) is 1.27. The van der Waals surface area contributed by atoms with Crippen LogP contribution < -0.4 is 9.64 Å². The number of aldehydes is 1. The molecule has 1 aliphatic rings. The molecule has 1 heterocycles. The second-order valence-corrected chi connectivity index (χ2v) is 4.60. The van der Waals surface area contributed by atoms with E-state index in [4.69, 9.17) is 4.74 Å². The van der Waals surface area contributed by atoms with Gasteiger partial charge in [0.2, 0.25) is 0 Å². The summed E-state index contributed by atoms with van der Waals surface area (Å²) in [7, 11) is 1.47. The lowest BCUT2D eigenvalue weighted by atomic mass is 9.99. The molecule has 19 heavy (non-hydrogen) atoms. The smallest absolute Gasteiger partial charge is 0.296 e. The fraction of sp³-hybridized carbons (Fsp3) is 0.462. The summed E-state index contributed by atoms with van der Waals surface area (Å²) in [5.74, 6) is 0.412. The van der Waals surface area contributed by atoms with Crippen LogP contribution in [-0.4, -0.2) is 31.4 Å². The van der Waals surface area contributed by atoms with Gasteiger partial charge in [-0.05, 0) is 25.0 Å². The van der Waals surface area contributed by atoms with Gasteiger partial charge in [0.25, 0.3) is 5.69 Å². The van der Waals surface area contributed by atoms with Crippen LogP contribution in [0, 0.1) is 16.0 Å². The van der Waals surface area contributed by atoms with Crippen molar-refractivity contribution >= 4 is 17.7 Å². The first-order valence-corrected chi connectivity index (χ1v) is 6.18. The Morgan fingerprint density at radius 3 is 2.95 bits per heavy atom. The number of nitro benzene ring substituents is 1. The molecular formula is C13H16N2O4. The monoisotopic (exact) mass is 264 g/mol. The molecule has 0 aromatic heterocycles. The molecule has 0 saturated carbocycles. The lowest BCUT2D eigenvalue weighted by Gasteiger charge is -2.31. The molecule has 0 spiro atoms. The van der Waals surface area contributed by atoms with E-state index in [1.165, 1.54) is 13.2 Å². The minimum absolute atomic E-state index is 0.0194. The van der Waals surface area contributed by atoms with Gasteiger partial charge in [-0.25, -0.2) is 0 Å². The summed E-state index contributed by atoms with van der Waals surface area (Å²) in [4.78, 5) is 23.5. The van der Waals surface area contributed by atoms with E-state index in [0.717, 1.165) is 25.7 Å². The van der Waals surface area contributed by atoms with Gasteiger partial charge in [0.15, 0.2) is 0 Å². The molecule has 1 aliphatic heterocycles. The zero-order valence-electron chi connectivity index (χ0n) is 10.7.